The molecule has 0 N–H and O–H groups in total. The van der Waals surface area contributed by atoms with Crippen LogP contribution < -0.4 is 0 Å². The van der Waals surface area contributed by atoms with Crippen molar-refractivity contribution in [1.82, 2.24) is 44.7 Å². The van der Waals surface area contributed by atoms with E-state index in [1.54, 1.807) is 9.20 Å². The Morgan fingerprint density at radius 2 is 2.13 bits per heavy atom. The highest BCUT2D eigenvalue weighted by atomic mass is 32.2. The normalized spacial score (nSPS) is 11.9. The lowest BCUT2D eigenvalue weighted by molar-refractivity contribution is 0.361. The topological polar surface area (TPSA) is 89.9 Å². The Balaban J connectivity index is 1.92. The quantitative estimate of drug-likeness (QED) is 0.616. The van der Waals surface area contributed by atoms with Crippen LogP contribution in [0, 0.1) is 0 Å². The number of nitrogens with zero attached hydrogens (tertiary/aromatic N) is 9. The Hall–Kier alpha value is -2.07. The molecule has 0 aliphatic rings. The van der Waals surface area contributed by atoms with Gasteiger partial charge in [0.05, 0.1) is 6.54 Å². The fourth-order valence-electron chi connectivity index (χ4n) is 1.97. The first-order valence-corrected chi connectivity index (χ1v) is 8.15. The maximum Gasteiger partial charge on any atom is 0.253 e. The van der Waals surface area contributed by atoms with Crippen molar-refractivity contribution in [3.05, 3.63) is 18.1 Å². The molecule has 0 saturated carbocycles. The summed E-state index contributed by atoms with van der Waals surface area (Å²) in [6.45, 7) is 5.80. The maximum absolute atomic E-state index is 4.52. The van der Waals surface area contributed by atoms with Gasteiger partial charge >= 0.3 is 0 Å². The van der Waals surface area contributed by atoms with Gasteiger partial charge in [-0.1, -0.05) is 13.8 Å². The van der Waals surface area contributed by atoms with E-state index in [2.05, 4.69) is 49.3 Å². The molecule has 122 valence electrons. The van der Waals surface area contributed by atoms with E-state index in [0.717, 1.165) is 29.0 Å². The molecule has 0 aliphatic carbocycles. The van der Waals surface area contributed by atoms with Crippen molar-refractivity contribution in [2.24, 2.45) is 0 Å². The number of likely N-dealkylation sites (N-methyl/N-ethyl adjacent to an activating group) is 1. The third-order valence-electron chi connectivity index (χ3n) is 3.28. The van der Waals surface area contributed by atoms with E-state index < -0.39 is 0 Å². The minimum Gasteiger partial charge on any atom is -0.308 e. The Labute approximate surface area is 138 Å². The summed E-state index contributed by atoms with van der Waals surface area (Å²) in [6.07, 6.45) is 1.51. The van der Waals surface area contributed by atoms with Crippen LogP contribution in [0.5, 0.6) is 0 Å². The van der Waals surface area contributed by atoms with Gasteiger partial charge < -0.3 is 4.90 Å². The molecule has 0 unspecified atom stereocenters. The van der Waals surface area contributed by atoms with Crippen molar-refractivity contribution in [3.63, 3.8) is 0 Å². The molecule has 0 amide bonds. The molecule has 0 fully saturated rings. The molecule has 10 heteroatoms. The van der Waals surface area contributed by atoms with Crippen molar-refractivity contribution >= 4 is 17.5 Å². The SMILES string of the molecule is CC(C)c1cc(Sc2nnnn2CCN(C)C)n2ncnc2n1. The van der Waals surface area contributed by atoms with E-state index in [1.165, 1.54) is 18.1 Å². The Morgan fingerprint density at radius 3 is 2.87 bits per heavy atom. The van der Waals surface area contributed by atoms with E-state index in [0.29, 0.717) is 11.7 Å². The van der Waals surface area contributed by atoms with Gasteiger partial charge in [-0.2, -0.15) is 14.6 Å². The molecular formula is C13H19N9S. The third kappa shape index (κ3) is 3.48. The van der Waals surface area contributed by atoms with Gasteiger partial charge in [-0.25, -0.2) is 9.67 Å². The van der Waals surface area contributed by atoms with Gasteiger partial charge in [0, 0.05) is 12.2 Å². The summed E-state index contributed by atoms with van der Waals surface area (Å²) >= 11 is 1.47. The Kier molecular flexibility index (Phi) is 4.53. The van der Waals surface area contributed by atoms with Crippen molar-refractivity contribution < 1.29 is 0 Å². The van der Waals surface area contributed by atoms with Crippen molar-refractivity contribution in [1.29, 1.82) is 0 Å². The molecule has 3 rings (SSSR count). The van der Waals surface area contributed by atoms with Gasteiger partial charge in [-0.3, -0.25) is 0 Å². The van der Waals surface area contributed by atoms with Gasteiger partial charge in [0.1, 0.15) is 11.4 Å². The fraction of sp³-hybridized carbons (Fsp3) is 0.538. The zero-order valence-corrected chi connectivity index (χ0v) is 14.4. The molecule has 0 radical (unpaired) electrons. The van der Waals surface area contributed by atoms with E-state index in [1.807, 2.05) is 20.2 Å². The second-order valence-electron chi connectivity index (χ2n) is 5.74. The molecule has 0 saturated heterocycles. The zero-order valence-electron chi connectivity index (χ0n) is 13.6. The highest BCUT2D eigenvalue weighted by Crippen LogP contribution is 2.27. The average Bonchev–Trinajstić information content (AvgIpc) is 3.13. The van der Waals surface area contributed by atoms with Crippen LogP contribution >= 0.6 is 11.8 Å². The molecule has 3 aromatic rings. The summed E-state index contributed by atoms with van der Waals surface area (Å²) in [5.41, 5.74) is 0.973. The molecule has 0 aromatic carbocycles. The summed E-state index contributed by atoms with van der Waals surface area (Å²) in [7, 11) is 4.04. The van der Waals surface area contributed by atoms with Gasteiger partial charge in [-0.15, -0.1) is 5.10 Å². The number of fused-ring (bicyclic) bond motifs is 1. The van der Waals surface area contributed by atoms with Gasteiger partial charge in [0.25, 0.3) is 5.78 Å². The van der Waals surface area contributed by atoms with Crippen LogP contribution in [0.15, 0.2) is 22.6 Å². The predicted molar refractivity (Wildman–Crippen MR) is 85.4 cm³/mol. The summed E-state index contributed by atoms with van der Waals surface area (Å²) in [5.74, 6) is 0.895. The van der Waals surface area contributed by atoms with Gasteiger partial charge in [0.2, 0.25) is 5.16 Å². The minimum atomic E-state index is 0.306. The maximum atomic E-state index is 4.52. The van der Waals surface area contributed by atoms with Crippen molar-refractivity contribution in [2.75, 3.05) is 20.6 Å². The Bertz CT molecular complexity index is 792. The zero-order chi connectivity index (χ0) is 16.4. The molecule has 3 heterocycles. The minimum absolute atomic E-state index is 0.306. The summed E-state index contributed by atoms with van der Waals surface area (Å²) < 4.78 is 3.50. The van der Waals surface area contributed by atoms with E-state index in [-0.39, 0.29) is 0 Å². The standard InChI is InChI=1S/C13H19N9S/c1-9(2)10-7-11(22-12(16-10)14-8-15-22)23-13-17-18-19-21(13)6-5-20(3)4/h7-9H,5-6H2,1-4H3. The number of aromatic nitrogens is 8. The second kappa shape index (κ2) is 6.59. The summed E-state index contributed by atoms with van der Waals surface area (Å²) in [4.78, 5) is 10.8. The van der Waals surface area contributed by atoms with Crippen molar-refractivity contribution in [2.45, 2.75) is 36.5 Å². The molecule has 0 bridgehead atoms. The van der Waals surface area contributed by atoms with Crippen LogP contribution in [0.3, 0.4) is 0 Å². The van der Waals surface area contributed by atoms with Crippen LogP contribution in [0.25, 0.3) is 5.78 Å². The fourth-order valence-corrected chi connectivity index (χ4v) is 2.86. The highest BCUT2D eigenvalue weighted by Gasteiger charge is 2.15. The molecular weight excluding hydrogens is 314 g/mol. The van der Waals surface area contributed by atoms with Crippen LogP contribution in [0.2, 0.25) is 0 Å². The molecule has 0 atom stereocenters. The van der Waals surface area contributed by atoms with Crippen LogP contribution in [-0.2, 0) is 6.54 Å². The largest absolute Gasteiger partial charge is 0.308 e. The molecule has 9 nitrogen and oxygen atoms in total. The molecule has 0 aliphatic heterocycles. The smallest absolute Gasteiger partial charge is 0.253 e. The van der Waals surface area contributed by atoms with E-state index in [4.69, 9.17) is 0 Å². The van der Waals surface area contributed by atoms with Gasteiger partial charge in [-0.05, 0) is 48.3 Å². The monoisotopic (exact) mass is 333 g/mol. The van der Waals surface area contributed by atoms with Crippen molar-refractivity contribution in [3.8, 4) is 0 Å². The lowest BCUT2D eigenvalue weighted by atomic mass is 10.1. The average molecular weight is 333 g/mol. The third-order valence-corrected chi connectivity index (χ3v) is 4.26. The first kappa shape index (κ1) is 15.8. The second-order valence-corrected chi connectivity index (χ2v) is 6.72. The summed E-state index contributed by atoms with van der Waals surface area (Å²) in [6, 6.07) is 2.02. The lowest BCUT2D eigenvalue weighted by Crippen LogP contribution is -2.19. The lowest BCUT2D eigenvalue weighted by Gasteiger charge is -2.11. The predicted octanol–water partition coefficient (Wildman–Crippen LogP) is 0.947. The van der Waals surface area contributed by atoms with Crippen LogP contribution in [-0.4, -0.2) is 65.3 Å². The first-order valence-electron chi connectivity index (χ1n) is 7.34. The van der Waals surface area contributed by atoms with Gasteiger partial charge in [0.15, 0.2) is 0 Å². The van der Waals surface area contributed by atoms with Crippen LogP contribution in [0.1, 0.15) is 25.5 Å². The molecule has 3 aromatic heterocycles. The van der Waals surface area contributed by atoms with E-state index >= 15 is 0 Å². The Morgan fingerprint density at radius 1 is 1.30 bits per heavy atom. The number of hydrogen-bond acceptors (Lipinski definition) is 8. The summed E-state index contributed by atoms with van der Waals surface area (Å²) in [5, 5.41) is 17.8. The number of rotatable bonds is 6. The number of tetrazole rings is 1. The van der Waals surface area contributed by atoms with E-state index in [9.17, 15) is 0 Å². The highest BCUT2D eigenvalue weighted by molar-refractivity contribution is 7.99. The molecule has 23 heavy (non-hydrogen) atoms. The molecule has 0 spiro atoms. The van der Waals surface area contributed by atoms with Crippen LogP contribution in [0.4, 0.5) is 0 Å². The number of hydrogen-bond donors (Lipinski definition) is 0. The first-order chi connectivity index (χ1) is 11.0.